The van der Waals surface area contributed by atoms with Gasteiger partial charge in [-0.3, -0.25) is 9.11 Å². The second-order valence-electron chi connectivity index (χ2n) is 0.448. The average Bonchev–Trinajstić information content (AvgIpc) is 0.722. The molecule has 0 radical (unpaired) electrons. The summed E-state index contributed by atoms with van der Waals surface area (Å²) in [5, 5.41) is 0. The topological polar surface area (TPSA) is 74.6 Å². The van der Waals surface area contributed by atoms with Gasteiger partial charge < -0.3 is 0 Å². The molecule has 7 heteroatoms. The first-order chi connectivity index (χ1) is 2.00. The summed E-state index contributed by atoms with van der Waals surface area (Å²) in [7, 11) is -4.67. The van der Waals surface area contributed by atoms with Crippen molar-refractivity contribution in [2.75, 3.05) is 0 Å². The van der Waals surface area contributed by atoms with Crippen LogP contribution in [0.25, 0.3) is 0 Å². The van der Waals surface area contributed by atoms with Gasteiger partial charge in [-0.15, -0.1) is 0 Å². The third-order valence-corrected chi connectivity index (χ3v) is 0. The molecule has 40 valence electrons. The Bertz CT molecular complexity index is 94.9. The summed E-state index contributed by atoms with van der Waals surface area (Å²) in [4.78, 5) is 0. The second kappa shape index (κ2) is 6.84. The van der Waals surface area contributed by atoms with Crippen molar-refractivity contribution in [2.24, 2.45) is 0 Å². The Morgan fingerprint density at radius 3 is 1.14 bits per heavy atom. The maximum absolute atomic E-state index is 8.74. The van der Waals surface area contributed by atoms with Crippen LogP contribution in [0.5, 0.6) is 0 Å². The van der Waals surface area contributed by atoms with Crippen LogP contribution in [0.4, 0.5) is 0 Å². The first kappa shape index (κ1) is 16.4. The van der Waals surface area contributed by atoms with Gasteiger partial charge >= 0.3 is 55.9 Å². The number of hydrogen-bond donors (Lipinski definition) is 2. The molecule has 0 aromatic carbocycles. The van der Waals surface area contributed by atoms with Crippen LogP contribution in [0.3, 0.4) is 0 Å². The molecule has 0 saturated carbocycles. The van der Waals surface area contributed by atoms with Gasteiger partial charge in [-0.2, -0.15) is 8.42 Å². The molecule has 0 heterocycles. The van der Waals surface area contributed by atoms with E-state index in [0.29, 0.717) is 0 Å². The molecule has 0 unspecified atom stereocenters. The summed E-state index contributed by atoms with van der Waals surface area (Å²) in [6, 6.07) is 0. The monoisotopic (exact) mass is 328 g/mol. The first-order valence-electron chi connectivity index (χ1n) is 0.698. The van der Waals surface area contributed by atoms with Crippen LogP contribution in [0.15, 0.2) is 0 Å². The molecule has 0 spiro atoms. The van der Waals surface area contributed by atoms with Crippen molar-refractivity contribution in [3.8, 4) is 0 Å². The number of rotatable bonds is 0. The van der Waals surface area contributed by atoms with E-state index in [1.54, 1.807) is 0 Å². The van der Waals surface area contributed by atoms with E-state index in [0.717, 1.165) is 0 Å². The van der Waals surface area contributed by atoms with Gasteiger partial charge in [0.25, 0.3) is 0 Å². The first-order valence-corrected chi connectivity index (χ1v) is 2.10. The van der Waals surface area contributed by atoms with Crippen LogP contribution < -0.4 is 0 Å². The van der Waals surface area contributed by atoms with Gasteiger partial charge in [0.1, 0.15) is 0 Å². The van der Waals surface area contributed by atoms with Crippen molar-refractivity contribution in [1.82, 2.24) is 0 Å². The maximum atomic E-state index is 8.74. The SMILES string of the molecule is O=S(=O)(O)O.[Ce].[SrH2]. The fourth-order valence-electron chi connectivity index (χ4n) is 0. The number of hydrogen-bond acceptors (Lipinski definition) is 2. The van der Waals surface area contributed by atoms with Crippen LogP contribution in [0.2, 0.25) is 0 Å². The van der Waals surface area contributed by atoms with Gasteiger partial charge in [-0.05, 0) is 0 Å². The van der Waals surface area contributed by atoms with Gasteiger partial charge in [0.15, 0.2) is 0 Å². The van der Waals surface area contributed by atoms with Gasteiger partial charge in [0, 0.05) is 41.7 Å². The molecule has 0 saturated heterocycles. The summed E-state index contributed by atoms with van der Waals surface area (Å²) in [5.41, 5.74) is 0. The van der Waals surface area contributed by atoms with Crippen molar-refractivity contribution in [2.45, 2.75) is 0 Å². The molecule has 0 amide bonds. The Morgan fingerprint density at radius 1 is 1.14 bits per heavy atom. The summed E-state index contributed by atoms with van der Waals surface area (Å²) in [6.45, 7) is 0. The Balaban J connectivity index is -0.0000000800. The summed E-state index contributed by atoms with van der Waals surface area (Å²) in [6.07, 6.45) is 0. The Morgan fingerprint density at radius 2 is 1.14 bits per heavy atom. The molecule has 0 aliphatic carbocycles. The van der Waals surface area contributed by atoms with Gasteiger partial charge in [-0.1, -0.05) is 0 Å². The zero-order valence-corrected chi connectivity index (χ0v) is 6.58. The molecule has 0 aliphatic heterocycles. The molecule has 0 aromatic heterocycles. The molecule has 0 atom stereocenters. The summed E-state index contributed by atoms with van der Waals surface area (Å²) in [5.74, 6) is 0. The second-order valence-corrected chi connectivity index (χ2v) is 1.34. The quantitative estimate of drug-likeness (QED) is 0.416. The minimum absolute atomic E-state index is 0. The van der Waals surface area contributed by atoms with E-state index in [2.05, 4.69) is 0 Å². The molecule has 0 rings (SSSR count). The zero-order chi connectivity index (χ0) is 4.50. The van der Waals surface area contributed by atoms with Crippen LogP contribution in [0, 0.1) is 41.7 Å². The fourth-order valence-corrected chi connectivity index (χ4v) is 0. The molecule has 2 N–H and O–H groups in total. The average molecular weight is 328 g/mol. The molecule has 0 bridgehead atoms. The Labute approximate surface area is 112 Å². The third kappa shape index (κ3) is 53.1. The van der Waals surface area contributed by atoms with E-state index in [9.17, 15) is 0 Å². The summed E-state index contributed by atoms with van der Waals surface area (Å²) < 4.78 is 31.6. The van der Waals surface area contributed by atoms with E-state index in [1.165, 1.54) is 0 Å². The van der Waals surface area contributed by atoms with E-state index >= 15 is 0 Å². The molecule has 0 fully saturated rings. The molecule has 0 aromatic rings. The Hall–Kier alpha value is 2.73. The molecular weight excluding hydrogens is 324 g/mol. The van der Waals surface area contributed by atoms with Gasteiger partial charge in [0.2, 0.25) is 0 Å². The molecule has 7 heavy (non-hydrogen) atoms. The molecule has 0 aliphatic rings. The zero-order valence-electron chi connectivity index (χ0n) is 2.62. The van der Waals surface area contributed by atoms with E-state index in [4.69, 9.17) is 17.5 Å². The minimum atomic E-state index is -4.67. The van der Waals surface area contributed by atoms with E-state index in [1.807, 2.05) is 0 Å². The van der Waals surface area contributed by atoms with Crippen molar-refractivity contribution in [1.29, 1.82) is 0 Å². The predicted molar refractivity (Wildman–Crippen MR) is 22.7 cm³/mol. The van der Waals surface area contributed by atoms with E-state index in [-0.39, 0.29) is 87.2 Å². The van der Waals surface area contributed by atoms with Crippen LogP contribution in [-0.2, 0) is 10.4 Å². The normalized spacial score (nSPS) is 8.29. The van der Waals surface area contributed by atoms with Crippen LogP contribution in [-0.4, -0.2) is 63.0 Å². The van der Waals surface area contributed by atoms with Crippen molar-refractivity contribution in [3.05, 3.63) is 0 Å². The van der Waals surface area contributed by atoms with Gasteiger partial charge in [-0.25, -0.2) is 0 Å². The molecular formula is H4CeO4SSr. The summed E-state index contributed by atoms with van der Waals surface area (Å²) >= 11 is 0. The van der Waals surface area contributed by atoms with Crippen molar-refractivity contribution >= 4 is 55.9 Å². The van der Waals surface area contributed by atoms with Crippen molar-refractivity contribution in [3.63, 3.8) is 0 Å². The van der Waals surface area contributed by atoms with Crippen molar-refractivity contribution < 1.29 is 59.3 Å². The van der Waals surface area contributed by atoms with Gasteiger partial charge in [0.05, 0.1) is 0 Å². The van der Waals surface area contributed by atoms with Crippen LogP contribution >= 0.6 is 0 Å². The van der Waals surface area contributed by atoms with Crippen LogP contribution in [0.1, 0.15) is 0 Å². The standard InChI is InChI=1S/Ce.H2O4S.Sr.2H/c;1-5(2,3)4;;;/h;(H2,1,2,3,4);;;. The Kier molecular flexibility index (Phi) is 16.0. The molecule has 4 nitrogen and oxygen atoms in total. The van der Waals surface area contributed by atoms with E-state index < -0.39 is 10.4 Å². The fraction of sp³-hybridized carbons (Fsp3) is 0. The predicted octanol–water partition coefficient (Wildman–Crippen LogP) is -1.57. The third-order valence-electron chi connectivity index (χ3n) is 0.